The first kappa shape index (κ1) is 21.0. The number of rotatable bonds is 5. The minimum absolute atomic E-state index is 0.0818. The molecule has 2 aromatic rings. The topological polar surface area (TPSA) is 62.1 Å². The molecule has 0 unspecified atom stereocenters. The summed E-state index contributed by atoms with van der Waals surface area (Å²) in [5.74, 6) is 0.379. The summed E-state index contributed by atoms with van der Waals surface area (Å²) in [6.07, 6.45) is 2.62. The normalized spacial score (nSPS) is 17.0. The van der Waals surface area contributed by atoms with Crippen LogP contribution in [0, 0.1) is 3.57 Å². The van der Waals surface area contributed by atoms with Crippen molar-refractivity contribution in [1.29, 1.82) is 0 Å². The molecule has 1 fully saturated rings. The zero-order valence-electron chi connectivity index (χ0n) is 15.3. The van der Waals surface area contributed by atoms with Gasteiger partial charge in [0.05, 0.1) is 21.3 Å². The standard InChI is InChI=1S/C20H18ClIN2O3S/c1-3-8-24-19(26)17(11-12-9-15(22)18(25)16(10-12)27-2)28-20(24)23-14-6-4-13(21)5-7-14/h4-7,9-11,25H,3,8H2,1-2H3/b17-11-,23-20?. The van der Waals surface area contributed by atoms with Gasteiger partial charge in [0.25, 0.3) is 5.91 Å². The maximum Gasteiger partial charge on any atom is 0.266 e. The van der Waals surface area contributed by atoms with Gasteiger partial charge in [0.1, 0.15) is 0 Å². The van der Waals surface area contributed by atoms with Gasteiger partial charge in [0.2, 0.25) is 0 Å². The number of aliphatic imine (C=N–C) groups is 1. The highest BCUT2D eigenvalue weighted by molar-refractivity contribution is 14.1. The van der Waals surface area contributed by atoms with Crippen LogP contribution in [0.2, 0.25) is 5.02 Å². The van der Waals surface area contributed by atoms with Crippen molar-refractivity contribution in [3.05, 3.63) is 55.5 Å². The van der Waals surface area contributed by atoms with Crippen molar-refractivity contribution >= 4 is 68.8 Å². The molecule has 3 rings (SSSR count). The summed E-state index contributed by atoms with van der Waals surface area (Å²) in [6, 6.07) is 10.7. The summed E-state index contributed by atoms with van der Waals surface area (Å²) in [5.41, 5.74) is 1.52. The highest BCUT2D eigenvalue weighted by atomic mass is 127. The first-order chi connectivity index (χ1) is 13.4. The number of benzene rings is 2. The average Bonchev–Trinajstić information content (AvgIpc) is 2.95. The van der Waals surface area contributed by atoms with Crippen molar-refractivity contribution in [2.75, 3.05) is 13.7 Å². The van der Waals surface area contributed by atoms with Crippen LogP contribution in [0.15, 0.2) is 46.3 Å². The maximum absolute atomic E-state index is 12.9. The number of phenols is 1. The Labute approximate surface area is 186 Å². The summed E-state index contributed by atoms with van der Waals surface area (Å²) in [5, 5.41) is 11.3. The second-order valence-electron chi connectivity index (χ2n) is 5.99. The van der Waals surface area contributed by atoms with Crippen molar-refractivity contribution < 1.29 is 14.6 Å². The van der Waals surface area contributed by atoms with Gasteiger partial charge in [-0.05, 0) is 88.8 Å². The van der Waals surface area contributed by atoms with E-state index < -0.39 is 0 Å². The first-order valence-electron chi connectivity index (χ1n) is 8.55. The van der Waals surface area contributed by atoms with E-state index in [0.29, 0.717) is 31.0 Å². The Kier molecular flexibility index (Phi) is 6.90. The number of ether oxygens (including phenoxy) is 1. The van der Waals surface area contributed by atoms with E-state index in [9.17, 15) is 9.90 Å². The van der Waals surface area contributed by atoms with Crippen molar-refractivity contribution in [2.24, 2.45) is 4.99 Å². The van der Waals surface area contributed by atoms with Gasteiger partial charge in [-0.1, -0.05) is 18.5 Å². The highest BCUT2D eigenvalue weighted by Crippen LogP contribution is 2.37. The molecule has 0 saturated carbocycles. The summed E-state index contributed by atoms with van der Waals surface area (Å²) in [7, 11) is 1.50. The molecule has 0 spiro atoms. The van der Waals surface area contributed by atoms with Crippen LogP contribution in [0.3, 0.4) is 0 Å². The van der Waals surface area contributed by atoms with Crippen LogP contribution in [0.5, 0.6) is 11.5 Å². The number of amides is 1. The molecule has 0 aromatic heterocycles. The molecule has 0 atom stereocenters. The van der Waals surface area contributed by atoms with E-state index in [0.717, 1.165) is 17.7 Å². The molecule has 8 heteroatoms. The van der Waals surface area contributed by atoms with Gasteiger partial charge in [0.15, 0.2) is 16.7 Å². The summed E-state index contributed by atoms with van der Waals surface area (Å²) >= 11 is 9.30. The monoisotopic (exact) mass is 528 g/mol. The Balaban J connectivity index is 1.97. The summed E-state index contributed by atoms with van der Waals surface area (Å²) in [6.45, 7) is 2.61. The van der Waals surface area contributed by atoms with Crippen LogP contribution in [-0.2, 0) is 4.79 Å². The zero-order valence-corrected chi connectivity index (χ0v) is 19.0. The molecule has 28 heavy (non-hydrogen) atoms. The van der Waals surface area contributed by atoms with Crippen LogP contribution in [-0.4, -0.2) is 34.7 Å². The fraction of sp³-hybridized carbons (Fsp3) is 0.200. The van der Waals surface area contributed by atoms with E-state index in [4.69, 9.17) is 16.3 Å². The Morgan fingerprint density at radius 3 is 2.68 bits per heavy atom. The maximum atomic E-state index is 12.9. The van der Waals surface area contributed by atoms with E-state index in [1.165, 1.54) is 18.9 Å². The smallest absolute Gasteiger partial charge is 0.266 e. The number of thioether (sulfide) groups is 1. The van der Waals surface area contributed by atoms with Crippen LogP contribution in [0.4, 0.5) is 5.69 Å². The largest absolute Gasteiger partial charge is 0.504 e. The lowest BCUT2D eigenvalue weighted by Gasteiger charge is -2.13. The number of aromatic hydroxyl groups is 1. The number of halogens is 2. The lowest BCUT2D eigenvalue weighted by Crippen LogP contribution is -2.29. The van der Waals surface area contributed by atoms with Gasteiger partial charge in [-0.15, -0.1) is 0 Å². The number of phenolic OH excluding ortho intramolecular Hbond substituents is 1. The second-order valence-corrected chi connectivity index (χ2v) is 8.60. The van der Waals surface area contributed by atoms with Crippen LogP contribution >= 0.6 is 46.0 Å². The molecular weight excluding hydrogens is 511 g/mol. The number of nitrogens with zero attached hydrogens (tertiary/aromatic N) is 2. The van der Waals surface area contributed by atoms with Crippen molar-refractivity contribution in [2.45, 2.75) is 13.3 Å². The van der Waals surface area contributed by atoms with Gasteiger partial charge >= 0.3 is 0 Å². The van der Waals surface area contributed by atoms with Gasteiger partial charge in [-0.2, -0.15) is 0 Å². The Morgan fingerprint density at radius 2 is 2.04 bits per heavy atom. The third-order valence-electron chi connectivity index (χ3n) is 3.96. The van der Waals surface area contributed by atoms with E-state index in [2.05, 4.69) is 4.99 Å². The van der Waals surface area contributed by atoms with E-state index in [1.54, 1.807) is 35.2 Å². The molecule has 1 amide bonds. The van der Waals surface area contributed by atoms with Crippen molar-refractivity contribution in [3.8, 4) is 11.5 Å². The predicted octanol–water partition coefficient (Wildman–Crippen LogP) is 5.67. The molecule has 0 radical (unpaired) electrons. The number of carbonyl (C=O) groups excluding carboxylic acids is 1. The lowest BCUT2D eigenvalue weighted by molar-refractivity contribution is -0.122. The molecule has 5 nitrogen and oxygen atoms in total. The van der Waals surface area contributed by atoms with E-state index >= 15 is 0 Å². The number of methoxy groups -OCH3 is 1. The lowest BCUT2D eigenvalue weighted by atomic mass is 10.2. The minimum Gasteiger partial charge on any atom is -0.504 e. The van der Waals surface area contributed by atoms with Gasteiger partial charge in [-0.25, -0.2) is 4.99 Å². The number of hydrogen-bond donors (Lipinski definition) is 1. The molecule has 1 aliphatic heterocycles. The Morgan fingerprint density at radius 1 is 1.32 bits per heavy atom. The van der Waals surface area contributed by atoms with Gasteiger partial charge in [0, 0.05) is 11.6 Å². The first-order valence-corrected chi connectivity index (χ1v) is 10.8. The zero-order chi connectivity index (χ0) is 20.3. The van der Waals surface area contributed by atoms with Crippen molar-refractivity contribution in [3.63, 3.8) is 0 Å². The molecule has 0 bridgehead atoms. The Bertz CT molecular complexity index is 961. The number of hydrogen-bond acceptors (Lipinski definition) is 5. The van der Waals surface area contributed by atoms with E-state index in [1.807, 2.05) is 41.6 Å². The number of carbonyl (C=O) groups is 1. The molecule has 0 aliphatic carbocycles. The van der Waals surface area contributed by atoms with Gasteiger partial charge < -0.3 is 9.84 Å². The van der Waals surface area contributed by atoms with Crippen molar-refractivity contribution in [1.82, 2.24) is 4.90 Å². The molecule has 1 N–H and O–H groups in total. The van der Waals surface area contributed by atoms with Gasteiger partial charge in [-0.3, -0.25) is 9.69 Å². The summed E-state index contributed by atoms with van der Waals surface area (Å²) < 4.78 is 5.86. The highest BCUT2D eigenvalue weighted by Gasteiger charge is 2.32. The fourth-order valence-corrected chi connectivity index (χ4v) is 4.40. The molecule has 1 heterocycles. The molecule has 146 valence electrons. The molecule has 1 aliphatic rings. The molecule has 2 aromatic carbocycles. The van der Waals surface area contributed by atoms with Crippen LogP contribution < -0.4 is 4.74 Å². The SMILES string of the molecule is CCCN1C(=O)/C(=C/c2cc(I)c(O)c(OC)c2)SC1=Nc1ccc(Cl)cc1. The van der Waals surface area contributed by atoms with Crippen LogP contribution in [0.25, 0.3) is 6.08 Å². The van der Waals surface area contributed by atoms with Crippen LogP contribution in [0.1, 0.15) is 18.9 Å². The third-order valence-corrected chi connectivity index (χ3v) is 6.04. The minimum atomic E-state index is -0.0818. The Hall–Kier alpha value is -1.71. The quantitative estimate of drug-likeness (QED) is 0.401. The fourth-order valence-electron chi connectivity index (χ4n) is 2.62. The number of amidine groups is 1. The molecule has 1 saturated heterocycles. The third kappa shape index (κ3) is 4.64. The average molecular weight is 529 g/mol. The second kappa shape index (κ2) is 9.19. The predicted molar refractivity (Wildman–Crippen MR) is 123 cm³/mol. The van der Waals surface area contributed by atoms with E-state index in [-0.39, 0.29) is 11.7 Å². The summed E-state index contributed by atoms with van der Waals surface area (Å²) in [4.78, 5) is 19.8. The molecular formula is C20H18ClIN2O3S.